The first-order chi connectivity index (χ1) is 17.3. The maximum Gasteiger partial charge on any atom is 0.160 e. The summed E-state index contributed by atoms with van der Waals surface area (Å²) in [6.45, 7) is 7.73. The number of benzene rings is 1. The molecule has 0 spiro atoms. The zero-order valence-electron chi connectivity index (χ0n) is 20.8. The predicted molar refractivity (Wildman–Crippen MR) is 143 cm³/mol. The van der Waals surface area contributed by atoms with Crippen molar-refractivity contribution in [1.29, 1.82) is 0 Å². The van der Waals surface area contributed by atoms with Crippen LogP contribution in [-0.4, -0.2) is 59.0 Å². The van der Waals surface area contributed by atoms with Crippen molar-refractivity contribution >= 4 is 28.5 Å². The molecule has 2 saturated heterocycles. The number of aromatic nitrogens is 3. The minimum Gasteiger partial charge on any atom is -0.375 e. The molecular formula is C28H38ClN5O. The van der Waals surface area contributed by atoms with Crippen molar-refractivity contribution in [3.63, 3.8) is 0 Å². The van der Waals surface area contributed by atoms with Gasteiger partial charge in [0.15, 0.2) is 5.65 Å². The van der Waals surface area contributed by atoms with Gasteiger partial charge in [0, 0.05) is 36.7 Å². The highest BCUT2D eigenvalue weighted by molar-refractivity contribution is 6.30. The number of nitrogens with zero attached hydrogens (tertiary/aromatic N) is 5. The van der Waals surface area contributed by atoms with Crippen LogP contribution < -0.4 is 4.90 Å². The fourth-order valence-electron chi connectivity index (χ4n) is 5.30. The number of ether oxygens (including phenoxy) is 1. The summed E-state index contributed by atoms with van der Waals surface area (Å²) >= 11 is 6.11. The second-order valence-corrected chi connectivity index (χ2v) is 10.4. The van der Waals surface area contributed by atoms with E-state index < -0.39 is 0 Å². The highest BCUT2D eigenvalue weighted by Gasteiger charge is 2.17. The van der Waals surface area contributed by atoms with Crippen LogP contribution in [0.15, 0.2) is 36.4 Å². The number of hydrogen-bond donors (Lipinski definition) is 0. The zero-order chi connectivity index (χ0) is 23.9. The molecule has 0 bridgehead atoms. The molecule has 0 amide bonds. The van der Waals surface area contributed by atoms with E-state index in [1.165, 1.54) is 58.0 Å². The lowest BCUT2D eigenvalue weighted by Crippen LogP contribution is -2.31. The highest BCUT2D eigenvalue weighted by Crippen LogP contribution is 2.25. The van der Waals surface area contributed by atoms with E-state index in [0.717, 1.165) is 65.8 Å². The summed E-state index contributed by atoms with van der Waals surface area (Å²) in [5.41, 5.74) is 3.07. The normalized spacial score (nSPS) is 17.7. The largest absolute Gasteiger partial charge is 0.375 e. The molecule has 0 saturated carbocycles. The molecule has 5 rings (SSSR count). The quantitative estimate of drug-likeness (QED) is 0.345. The van der Waals surface area contributed by atoms with Crippen molar-refractivity contribution in [3.8, 4) is 0 Å². The summed E-state index contributed by atoms with van der Waals surface area (Å²) in [7, 11) is 0. The fraction of sp³-hybridized carbons (Fsp3) is 0.571. The number of anilines is 1. The summed E-state index contributed by atoms with van der Waals surface area (Å²) in [5, 5.41) is 6.81. The van der Waals surface area contributed by atoms with Gasteiger partial charge in [-0.1, -0.05) is 43.0 Å². The third-order valence-corrected chi connectivity index (χ3v) is 7.54. The second-order valence-electron chi connectivity index (χ2n) is 9.98. The fourth-order valence-corrected chi connectivity index (χ4v) is 5.43. The van der Waals surface area contributed by atoms with E-state index in [2.05, 4.69) is 34.1 Å². The van der Waals surface area contributed by atoms with E-state index in [-0.39, 0.29) is 0 Å². The van der Waals surface area contributed by atoms with Crippen molar-refractivity contribution in [2.75, 3.05) is 44.2 Å². The molecule has 0 aliphatic carbocycles. The minimum atomic E-state index is 0.523. The number of pyridine rings is 1. The number of rotatable bonds is 9. The monoisotopic (exact) mass is 495 g/mol. The molecule has 35 heavy (non-hydrogen) atoms. The van der Waals surface area contributed by atoms with Gasteiger partial charge in [-0.15, -0.1) is 0 Å². The lowest BCUT2D eigenvalue weighted by atomic mass is 10.1. The Bertz CT molecular complexity index is 1070. The molecule has 188 valence electrons. The molecule has 2 aliphatic heterocycles. The molecule has 7 heteroatoms. The summed E-state index contributed by atoms with van der Waals surface area (Å²) in [4.78, 5) is 10.1. The Morgan fingerprint density at radius 2 is 1.54 bits per heavy atom. The molecule has 0 N–H and O–H groups in total. The van der Waals surface area contributed by atoms with Crippen molar-refractivity contribution in [1.82, 2.24) is 19.7 Å². The summed E-state index contributed by atoms with van der Waals surface area (Å²) < 4.78 is 8.14. The molecule has 2 aromatic heterocycles. The smallest absolute Gasteiger partial charge is 0.160 e. The van der Waals surface area contributed by atoms with Gasteiger partial charge in [-0.25, -0.2) is 9.67 Å². The van der Waals surface area contributed by atoms with Crippen molar-refractivity contribution in [3.05, 3.63) is 52.7 Å². The summed E-state index contributed by atoms with van der Waals surface area (Å²) in [6, 6.07) is 12.4. The molecule has 0 unspecified atom stereocenters. The van der Waals surface area contributed by atoms with Crippen LogP contribution in [0.25, 0.3) is 11.0 Å². The predicted octanol–water partition coefficient (Wildman–Crippen LogP) is 5.91. The summed E-state index contributed by atoms with van der Waals surface area (Å²) in [6.07, 6.45) is 10.2. The Labute approximate surface area is 214 Å². The maximum atomic E-state index is 6.11. The number of halogens is 1. The van der Waals surface area contributed by atoms with Crippen molar-refractivity contribution in [2.45, 2.75) is 64.5 Å². The van der Waals surface area contributed by atoms with Gasteiger partial charge in [0.25, 0.3) is 0 Å². The van der Waals surface area contributed by atoms with Crippen LogP contribution in [0.3, 0.4) is 0 Å². The van der Waals surface area contributed by atoms with Crippen LogP contribution in [0, 0.1) is 0 Å². The molecule has 2 fully saturated rings. The van der Waals surface area contributed by atoms with Gasteiger partial charge in [0.1, 0.15) is 5.82 Å². The lowest BCUT2D eigenvalue weighted by Gasteiger charge is -2.26. The van der Waals surface area contributed by atoms with Gasteiger partial charge in [0.2, 0.25) is 0 Å². The second kappa shape index (κ2) is 12.2. The van der Waals surface area contributed by atoms with Crippen LogP contribution in [0.1, 0.15) is 62.6 Å². The molecule has 2 aliphatic rings. The average molecular weight is 496 g/mol. The van der Waals surface area contributed by atoms with Crippen molar-refractivity contribution < 1.29 is 4.74 Å². The molecule has 0 radical (unpaired) electrons. The molecule has 3 aromatic rings. The van der Waals surface area contributed by atoms with E-state index in [1.54, 1.807) is 0 Å². The number of likely N-dealkylation sites (tertiary alicyclic amines) is 1. The zero-order valence-corrected chi connectivity index (χ0v) is 21.6. The Morgan fingerprint density at radius 1 is 0.829 bits per heavy atom. The average Bonchev–Trinajstić information content (AvgIpc) is 3.04. The Morgan fingerprint density at radius 3 is 2.31 bits per heavy atom. The standard InChI is InChI=1S/C28H38ClN5O/c29-24-11-9-23(10-12-24)21-34-28-25(13-14-27(30-28)33-18-6-1-2-7-19-33)26(31-34)22-35-20-8-17-32-15-4-3-5-16-32/h9-14H,1-8,15-22H2. The third kappa shape index (κ3) is 6.54. The molecule has 0 atom stereocenters. The maximum absolute atomic E-state index is 6.11. The van der Waals surface area contributed by atoms with Crippen LogP contribution in [-0.2, 0) is 17.9 Å². The summed E-state index contributed by atoms with van der Waals surface area (Å²) in [5.74, 6) is 1.06. The van der Waals surface area contributed by atoms with Gasteiger partial charge < -0.3 is 14.5 Å². The number of piperidine rings is 1. The van der Waals surface area contributed by atoms with Gasteiger partial charge >= 0.3 is 0 Å². The van der Waals surface area contributed by atoms with E-state index >= 15 is 0 Å². The third-order valence-electron chi connectivity index (χ3n) is 7.28. The van der Waals surface area contributed by atoms with E-state index in [4.69, 9.17) is 26.4 Å². The molecule has 6 nitrogen and oxygen atoms in total. The number of fused-ring (bicyclic) bond motifs is 1. The van der Waals surface area contributed by atoms with Gasteiger partial charge in [0.05, 0.1) is 18.8 Å². The molecule has 1 aromatic carbocycles. The Hall–Kier alpha value is -2.15. The van der Waals surface area contributed by atoms with Crippen LogP contribution >= 0.6 is 11.6 Å². The highest BCUT2D eigenvalue weighted by atomic mass is 35.5. The van der Waals surface area contributed by atoms with Crippen LogP contribution in [0.4, 0.5) is 5.82 Å². The first kappa shape index (κ1) is 24.5. The first-order valence-corrected chi connectivity index (χ1v) is 13.8. The number of hydrogen-bond acceptors (Lipinski definition) is 5. The lowest BCUT2D eigenvalue weighted by molar-refractivity contribution is 0.103. The van der Waals surface area contributed by atoms with Gasteiger partial charge in [-0.2, -0.15) is 5.10 Å². The topological polar surface area (TPSA) is 46.4 Å². The van der Waals surface area contributed by atoms with Crippen LogP contribution in [0.5, 0.6) is 0 Å². The molecule has 4 heterocycles. The van der Waals surface area contributed by atoms with Crippen molar-refractivity contribution in [2.24, 2.45) is 0 Å². The SMILES string of the molecule is Clc1ccc(Cn2nc(COCCCN3CCCCC3)c3ccc(N4CCCCCC4)nc32)cc1. The van der Waals surface area contributed by atoms with E-state index in [9.17, 15) is 0 Å². The van der Waals surface area contributed by atoms with E-state index in [1.807, 2.05) is 16.8 Å². The first-order valence-electron chi connectivity index (χ1n) is 13.4. The van der Waals surface area contributed by atoms with E-state index in [0.29, 0.717) is 13.2 Å². The van der Waals surface area contributed by atoms with Crippen LogP contribution in [0.2, 0.25) is 5.02 Å². The van der Waals surface area contributed by atoms with Gasteiger partial charge in [-0.3, -0.25) is 0 Å². The molecular weight excluding hydrogens is 458 g/mol. The Balaban J connectivity index is 1.31. The Kier molecular flexibility index (Phi) is 8.55. The van der Waals surface area contributed by atoms with Gasteiger partial charge in [-0.05, 0) is 75.0 Å². The minimum absolute atomic E-state index is 0.523.